The van der Waals surface area contributed by atoms with Gasteiger partial charge < -0.3 is 14.4 Å². The second-order valence-corrected chi connectivity index (χ2v) is 11.6. The van der Waals surface area contributed by atoms with Gasteiger partial charge in [0, 0.05) is 25.4 Å². The molecule has 4 saturated carbocycles. The lowest BCUT2D eigenvalue weighted by Crippen LogP contribution is -2.56. The molecule has 4 nitrogen and oxygen atoms in total. The SMILES string of the molecule is [2H]c1cccn1CC(=O)[C@H]1CC[C@H]2[C@@H]3CC[C@H]4C[C@@](O)(C([2H])([2H])OC)CC[C@]4(C)[C@H]3CC[C@]12C. The molecule has 0 aliphatic heterocycles. The average molecular weight is 431 g/mol. The Morgan fingerprint density at radius 1 is 1.13 bits per heavy atom. The van der Waals surface area contributed by atoms with Crippen LogP contribution >= 0.6 is 0 Å². The molecule has 0 amide bonds. The largest absolute Gasteiger partial charge is 0.387 e. The van der Waals surface area contributed by atoms with Gasteiger partial charge in [-0.05, 0) is 104 Å². The van der Waals surface area contributed by atoms with Crippen LogP contribution in [0.3, 0.4) is 0 Å². The second-order valence-electron chi connectivity index (χ2n) is 11.6. The summed E-state index contributed by atoms with van der Waals surface area (Å²) in [6, 6.07) is 3.57. The molecular formula is C27H41NO3. The summed E-state index contributed by atoms with van der Waals surface area (Å²) in [4.78, 5) is 13.4. The summed E-state index contributed by atoms with van der Waals surface area (Å²) in [7, 11) is 1.35. The Hall–Kier alpha value is -1.13. The maximum Gasteiger partial charge on any atom is 0.156 e. The van der Waals surface area contributed by atoms with Gasteiger partial charge in [-0.25, -0.2) is 0 Å². The predicted molar refractivity (Wildman–Crippen MR) is 121 cm³/mol. The van der Waals surface area contributed by atoms with E-state index in [1.165, 1.54) is 7.11 Å². The molecule has 8 atom stereocenters. The van der Waals surface area contributed by atoms with E-state index in [-0.39, 0.29) is 22.5 Å². The van der Waals surface area contributed by atoms with Crippen LogP contribution in [0, 0.1) is 40.4 Å². The maximum absolute atomic E-state index is 13.4. The first-order valence-corrected chi connectivity index (χ1v) is 12.4. The van der Waals surface area contributed by atoms with Crippen LogP contribution in [0.25, 0.3) is 0 Å². The quantitative estimate of drug-likeness (QED) is 0.708. The van der Waals surface area contributed by atoms with Crippen molar-refractivity contribution in [1.82, 2.24) is 4.57 Å². The first-order valence-electron chi connectivity index (χ1n) is 13.9. The van der Waals surface area contributed by atoms with Crippen LogP contribution in [0.5, 0.6) is 0 Å². The normalized spacial score (nSPS) is 48.6. The van der Waals surface area contributed by atoms with Gasteiger partial charge >= 0.3 is 0 Å². The Labute approximate surface area is 192 Å². The molecule has 1 aromatic heterocycles. The number of ether oxygens (including phenoxy) is 1. The second kappa shape index (κ2) is 7.73. The van der Waals surface area contributed by atoms with Crippen molar-refractivity contribution in [3.05, 3.63) is 24.5 Å². The molecule has 1 N–H and O–H groups in total. The van der Waals surface area contributed by atoms with E-state index in [4.69, 9.17) is 8.85 Å². The summed E-state index contributed by atoms with van der Waals surface area (Å²) in [6.07, 6.45) is 10.4. The molecule has 0 saturated heterocycles. The average Bonchev–Trinajstić information content (AvgIpc) is 3.36. The number of aromatic nitrogens is 1. The van der Waals surface area contributed by atoms with Gasteiger partial charge in [-0.2, -0.15) is 0 Å². The van der Waals surface area contributed by atoms with Gasteiger partial charge in [-0.15, -0.1) is 0 Å². The summed E-state index contributed by atoms with van der Waals surface area (Å²) in [5.74, 6) is 2.44. The molecule has 4 aliphatic rings. The molecule has 0 unspecified atom stereocenters. The van der Waals surface area contributed by atoms with E-state index >= 15 is 0 Å². The number of carbonyl (C=O) groups excluding carboxylic acids is 1. The zero-order chi connectivity index (χ0) is 24.5. The van der Waals surface area contributed by atoms with Crippen LogP contribution in [0.1, 0.15) is 75.7 Å². The first-order chi connectivity index (χ1) is 16.0. The third kappa shape index (κ3) is 3.44. The van der Waals surface area contributed by atoms with Crippen molar-refractivity contribution >= 4 is 5.78 Å². The van der Waals surface area contributed by atoms with Crippen LogP contribution in [-0.2, 0) is 16.1 Å². The van der Waals surface area contributed by atoms with Crippen molar-refractivity contribution in [3.63, 3.8) is 0 Å². The van der Waals surface area contributed by atoms with E-state index in [0.29, 0.717) is 49.2 Å². The zero-order valence-corrected chi connectivity index (χ0v) is 19.4. The van der Waals surface area contributed by atoms with Crippen LogP contribution < -0.4 is 0 Å². The van der Waals surface area contributed by atoms with Gasteiger partial charge in [0.1, 0.15) is 0 Å². The van der Waals surface area contributed by atoms with Crippen LogP contribution in [0.2, 0.25) is 0 Å². The van der Waals surface area contributed by atoms with E-state index in [9.17, 15) is 9.90 Å². The zero-order valence-electron chi connectivity index (χ0n) is 22.4. The van der Waals surface area contributed by atoms with E-state index in [1.54, 1.807) is 10.6 Å². The predicted octanol–water partition coefficient (Wildman–Crippen LogP) is 5.09. The molecule has 0 radical (unpaired) electrons. The Balaban J connectivity index is 1.33. The van der Waals surface area contributed by atoms with Crippen molar-refractivity contribution in [2.45, 2.75) is 83.8 Å². The highest BCUT2D eigenvalue weighted by Gasteiger charge is 2.62. The van der Waals surface area contributed by atoms with Crippen molar-refractivity contribution in [1.29, 1.82) is 0 Å². The fraction of sp³-hybridized carbons (Fsp3) is 0.815. The molecule has 172 valence electrons. The van der Waals surface area contributed by atoms with Gasteiger partial charge in [0.15, 0.2) is 5.78 Å². The Kier molecular flexibility index (Phi) is 4.57. The van der Waals surface area contributed by atoms with Crippen molar-refractivity contribution in [2.24, 2.45) is 40.4 Å². The molecular weight excluding hydrogens is 386 g/mol. The standard InChI is InChI=1S/C27H41NO3/c1-25-12-13-27(30,18-31-3)16-19(25)6-7-20-21-8-9-23(26(21,2)11-10-22(20)25)24(29)17-28-14-4-5-15-28/h4-5,14-15,19-23,30H,6-13,16-18H2,1-3H3/t19-,20-,21-,22-,23+,25-,26-,27+/m0/s1/i14D,18D2. The van der Waals surface area contributed by atoms with Gasteiger partial charge in [-0.3, -0.25) is 4.79 Å². The molecule has 1 aromatic rings. The topological polar surface area (TPSA) is 51.5 Å². The number of carbonyl (C=O) groups is 1. The lowest BCUT2D eigenvalue weighted by Gasteiger charge is -2.62. The molecule has 0 spiro atoms. The number of ketones is 1. The highest BCUT2D eigenvalue weighted by atomic mass is 16.5. The smallest absolute Gasteiger partial charge is 0.156 e. The minimum absolute atomic E-state index is 0.0414. The molecule has 4 heteroatoms. The fourth-order valence-electron chi connectivity index (χ4n) is 8.76. The number of hydrogen-bond donors (Lipinski definition) is 1. The molecule has 5 rings (SSSR count). The number of aliphatic hydroxyl groups is 1. The van der Waals surface area contributed by atoms with Crippen molar-refractivity contribution in [2.75, 3.05) is 13.7 Å². The third-order valence-corrected chi connectivity index (χ3v) is 10.3. The van der Waals surface area contributed by atoms with Crippen molar-refractivity contribution in [3.8, 4) is 0 Å². The number of rotatable bonds is 5. The summed E-state index contributed by atoms with van der Waals surface area (Å²) in [5.41, 5.74) is -1.25. The molecule has 31 heavy (non-hydrogen) atoms. The van der Waals surface area contributed by atoms with E-state index < -0.39 is 12.2 Å². The Morgan fingerprint density at radius 2 is 1.94 bits per heavy atom. The van der Waals surface area contributed by atoms with Gasteiger partial charge in [0.05, 0.1) is 22.8 Å². The first kappa shape index (κ1) is 18.3. The Morgan fingerprint density at radius 3 is 2.68 bits per heavy atom. The molecule has 0 bridgehead atoms. The molecule has 0 aromatic carbocycles. The lowest BCUT2D eigenvalue weighted by atomic mass is 9.44. The van der Waals surface area contributed by atoms with Crippen LogP contribution in [-0.4, -0.2) is 34.7 Å². The summed E-state index contributed by atoms with van der Waals surface area (Å²) in [5, 5.41) is 11.2. The third-order valence-electron chi connectivity index (χ3n) is 10.3. The number of methoxy groups -OCH3 is 1. The Bertz CT molecular complexity index is 949. The number of fused-ring (bicyclic) bond motifs is 5. The highest BCUT2D eigenvalue weighted by molar-refractivity contribution is 5.82. The number of nitrogens with zero attached hydrogens (tertiary/aromatic N) is 1. The van der Waals surface area contributed by atoms with Crippen LogP contribution in [0.4, 0.5) is 0 Å². The molecule has 1 heterocycles. The molecule has 4 aliphatic carbocycles. The van der Waals surface area contributed by atoms with Gasteiger partial charge in [0.2, 0.25) is 0 Å². The van der Waals surface area contributed by atoms with Crippen molar-refractivity contribution < 1.29 is 18.8 Å². The van der Waals surface area contributed by atoms with E-state index in [1.807, 2.05) is 12.3 Å². The monoisotopic (exact) mass is 430 g/mol. The lowest BCUT2D eigenvalue weighted by molar-refractivity contribution is -0.164. The van der Waals surface area contributed by atoms with Gasteiger partial charge in [0.25, 0.3) is 0 Å². The summed E-state index contributed by atoms with van der Waals surface area (Å²) >= 11 is 0. The number of hydrogen-bond acceptors (Lipinski definition) is 3. The van der Waals surface area contributed by atoms with E-state index in [2.05, 4.69) is 13.8 Å². The van der Waals surface area contributed by atoms with Gasteiger partial charge in [-0.1, -0.05) is 13.8 Å². The maximum atomic E-state index is 13.4. The van der Waals surface area contributed by atoms with Crippen LogP contribution in [0.15, 0.2) is 24.5 Å². The number of Topliss-reactive ketones (excluding diaryl/α,β-unsaturated/α-hetero) is 1. The minimum Gasteiger partial charge on any atom is -0.387 e. The van der Waals surface area contributed by atoms with E-state index in [0.717, 1.165) is 44.9 Å². The summed E-state index contributed by atoms with van der Waals surface area (Å²) in [6.45, 7) is 3.06. The summed E-state index contributed by atoms with van der Waals surface area (Å²) < 4.78 is 31.3. The fourth-order valence-corrected chi connectivity index (χ4v) is 8.76. The molecule has 4 fully saturated rings. The minimum atomic E-state index is -2.02. The highest BCUT2D eigenvalue weighted by Crippen LogP contribution is 2.68.